The van der Waals surface area contributed by atoms with Gasteiger partial charge in [0.2, 0.25) is 0 Å². The summed E-state index contributed by atoms with van der Waals surface area (Å²) in [6.45, 7) is -1.02. The van der Waals surface area contributed by atoms with Crippen molar-refractivity contribution in [2.24, 2.45) is 0 Å². The van der Waals surface area contributed by atoms with Crippen LogP contribution in [0.3, 0.4) is 0 Å². The Morgan fingerprint density at radius 1 is 0.750 bits per heavy atom. The maximum absolute atomic E-state index is 10.9. The minimum atomic E-state index is -1.49. The van der Waals surface area contributed by atoms with Gasteiger partial charge in [0.15, 0.2) is 12.2 Å². The molecule has 0 aromatic heterocycles. The van der Waals surface area contributed by atoms with Crippen LogP contribution in [0.25, 0.3) is 0 Å². The van der Waals surface area contributed by atoms with Gasteiger partial charge in [0.05, 0.1) is 26.4 Å². The zero-order chi connectivity index (χ0) is 15.4. The number of hydrogen-bond donors (Lipinski definition) is 4. The van der Waals surface area contributed by atoms with Crippen LogP contribution in [0.1, 0.15) is 25.7 Å². The molecule has 8 heteroatoms. The number of hydrogen-bond acceptors (Lipinski definition) is 8. The minimum Gasteiger partial charge on any atom is -0.464 e. The number of aliphatic hydroxyl groups excluding tert-OH is 4. The highest BCUT2D eigenvalue weighted by molar-refractivity contribution is 5.74. The Morgan fingerprint density at radius 3 is 1.40 bits per heavy atom. The molecule has 0 aromatic rings. The SMILES string of the molecule is O=C(OCCCCCCOC(=O)C(O)CO)C(O)CO. The van der Waals surface area contributed by atoms with Gasteiger partial charge >= 0.3 is 11.9 Å². The Bertz CT molecular complexity index is 253. The van der Waals surface area contributed by atoms with E-state index < -0.39 is 37.4 Å². The van der Waals surface area contributed by atoms with Crippen molar-refractivity contribution in [2.75, 3.05) is 26.4 Å². The Morgan fingerprint density at radius 2 is 1.10 bits per heavy atom. The van der Waals surface area contributed by atoms with Crippen LogP contribution in [-0.2, 0) is 19.1 Å². The van der Waals surface area contributed by atoms with Crippen molar-refractivity contribution >= 4 is 11.9 Å². The second-order valence-corrected chi connectivity index (χ2v) is 4.15. The van der Waals surface area contributed by atoms with Gasteiger partial charge < -0.3 is 29.9 Å². The standard InChI is InChI=1S/C12H22O8/c13-7-9(15)11(17)19-5-3-1-2-4-6-20-12(18)10(16)8-14/h9-10,13-16H,1-8H2. The lowest BCUT2D eigenvalue weighted by Crippen LogP contribution is -2.27. The van der Waals surface area contributed by atoms with Gasteiger partial charge in [-0.05, 0) is 25.7 Å². The summed E-state index contributed by atoms with van der Waals surface area (Å²) in [4.78, 5) is 21.9. The molecule has 2 atom stereocenters. The smallest absolute Gasteiger partial charge is 0.337 e. The first-order chi connectivity index (χ1) is 9.52. The van der Waals surface area contributed by atoms with Crippen LogP contribution in [0.4, 0.5) is 0 Å². The third kappa shape index (κ3) is 8.81. The van der Waals surface area contributed by atoms with E-state index in [1.54, 1.807) is 0 Å². The lowest BCUT2D eigenvalue weighted by Gasteiger charge is -2.09. The van der Waals surface area contributed by atoms with Gasteiger partial charge in [0.25, 0.3) is 0 Å². The zero-order valence-electron chi connectivity index (χ0n) is 11.2. The third-order valence-electron chi connectivity index (χ3n) is 2.42. The lowest BCUT2D eigenvalue weighted by molar-refractivity contribution is -0.156. The van der Waals surface area contributed by atoms with Gasteiger partial charge in [-0.2, -0.15) is 0 Å². The first-order valence-corrected chi connectivity index (χ1v) is 6.44. The van der Waals surface area contributed by atoms with E-state index in [0.29, 0.717) is 12.8 Å². The summed E-state index contributed by atoms with van der Waals surface area (Å²) in [5.74, 6) is -1.70. The van der Waals surface area contributed by atoms with Crippen molar-refractivity contribution in [1.82, 2.24) is 0 Å². The van der Waals surface area contributed by atoms with Crippen molar-refractivity contribution < 1.29 is 39.5 Å². The molecule has 4 N–H and O–H groups in total. The Hall–Kier alpha value is -1.22. The Kier molecular flexibility index (Phi) is 10.9. The molecule has 0 bridgehead atoms. The van der Waals surface area contributed by atoms with Crippen LogP contribution in [0.5, 0.6) is 0 Å². The molecule has 2 unspecified atom stereocenters. The van der Waals surface area contributed by atoms with Crippen LogP contribution in [0, 0.1) is 0 Å². The van der Waals surface area contributed by atoms with E-state index in [1.807, 2.05) is 0 Å². The van der Waals surface area contributed by atoms with E-state index in [-0.39, 0.29) is 13.2 Å². The predicted molar refractivity (Wildman–Crippen MR) is 66.6 cm³/mol. The highest BCUT2D eigenvalue weighted by Gasteiger charge is 2.15. The largest absolute Gasteiger partial charge is 0.464 e. The van der Waals surface area contributed by atoms with Crippen LogP contribution < -0.4 is 0 Å². The topological polar surface area (TPSA) is 134 Å². The molecule has 0 heterocycles. The second kappa shape index (κ2) is 11.6. The van der Waals surface area contributed by atoms with Gasteiger partial charge in [-0.1, -0.05) is 0 Å². The van der Waals surface area contributed by atoms with Crippen LogP contribution in [-0.4, -0.2) is 71.0 Å². The van der Waals surface area contributed by atoms with Crippen molar-refractivity contribution in [2.45, 2.75) is 37.9 Å². The summed E-state index contributed by atoms with van der Waals surface area (Å²) in [6, 6.07) is 0. The average Bonchev–Trinajstić information content (AvgIpc) is 2.47. The molecule has 0 amide bonds. The van der Waals surface area contributed by atoms with Gasteiger partial charge in [-0.15, -0.1) is 0 Å². The van der Waals surface area contributed by atoms with E-state index in [9.17, 15) is 9.59 Å². The van der Waals surface area contributed by atoms with Crippen LogP contribution in [0.2, 0.25) is 0 Å². The maximum atomic E-state index is 10.9. The van der Waals surface area contributed by atoms with Crippen molar-refractivity contribution in [3.05, 3.63) is 0 Å². The molecule has 0 aliphatic heterocycles. The second-order valence-electron chi connectivity index (χ2n) is 4.15. The molecule has 0 fully saturated rings. The molecular weight excluding hydrogens is 272 g/mol. The third-order valence-corrected chi connectivity index (χ3v) is 2.42. The maximum Gasteiger partial charge on any atom is 0.337 e. The molecule has 0 spiro atoms. The molecule has 0 rings (SSSR count). The summed E-state index contributed by atoms with van der Waals surface area (Å²) in [5.41, 5.74) is 0. The Labute approximate surface area is 116 Å². The van der Waals surface area contributed by atoms with Gasteiger partial charge in [-0.25, -0.2) is 9.59 Å². The molecule has 20 heavy (non-hydrogen) atoms. The van der Waals surface area contributed by atoms with Crippen LogP contribution >= 0.6 is 0 Å². The number of unbranched alkanes of at least 4 members (excludes halogenated alkanes) is 3. The molecule has 0 aliphatic rings. The first kappa shape index (κ1) is 18.8. The quantitative estimate of drug-likeness (QED) is 0.263. The number of esters is 2. The molecule has 0 aliphatic carbocycles. The fourth-order valence-corrected chi connectivity index (χ4v) is 1.24. The van der Waals surface area contributed by atoms with Crippen molar-refractivity contribution in [3.8, 4) is 0 Å². The fourth-order valence-electron chi connectivity index (χ4n) is 1.24. The van der Waals surface area contributed by atoms with E-state index in [1.165, 1.54) is 0 Å². The summed E-state index contributed by atoms with van der Waals surface area (Å²) >= 11 is 0. The normalized spacial score (nSPS) is 13.6. The van der Waals surface area contributed by atoms with E-state index in [4.69, 9.17) is 29.9 Å². The fraction of sp³-hybridized carbons (Fsp3) is 0.833. The van der Waals surface area contributed by atoms with E-state index in [0.717, 1.165) is 12.8 Å². The summed E-state index contributed by atoms with van der Waals surface area (Å²) in [6.07, 6.45) is -0.320. The molecule has 8 nitrogen and oxygen atoms in total. The predicted octanol–water partition coefficient (Wildman–Crippen LogP) is -1.66. The highest BCUT2D eigenvalue weighted by atomic mass is 16.6. The molecule has 0 saturated carbocycles. The Balaban J connectivity index is 3.37. The van der Waals surface area contributed by atoms with E-state index >= 15 is 0 Å². The minimum absolute atomic E-state index is 0.152. The molecule has 118 valence electrons. The van der Waals surface area contributed by atoms with E-state index in [2.05, 4.69) is 0 Å². The average molecular weight is 294 g/mol. The number of carbonyl (C=O) groups excluding carboxylic acids is 2. The lowest BCUT2D eigenvalue weighted by atomic mass is 10.2. The first-order valence-electron chi connectivity index (χ1n) is 6.44. The number of carbonyl (C=O) groups is 2. The zero-order valence-corrected chi connectivity index (χ0v) is 11.2. The summed E-state index contributed by atoms with van der Waals surface area (Å²) < 4.78 is 9.38. The number of ether oxygens (including phenoxy) is 2. The highest BCUT2D eigenvalue weighted by Crippen LogP contribution is 2.02. The molecule has 0 saturated heterocycles. The van der Waals surface area contributed by atoms with Gasteiger partial charge in [0.1, 0.15) is 0 Å². The van der Waals surface area contributed by atoms with Crippen molar-refractivity contribution in [3.63, 3.8) is 0 Å². The number of aliphatic hydroxyl groups is 4. The molecular formula is C12H22O8. The summed E-state index contributed by atoms with van der Waals surface area (Å²) in [7, 11) is 0. The van der Waals surface area contributed by atoms with Gasteiger partial charge in [0, 0.05) is 0 Å². The van der Waals surface area contributed by atoms with Crippen molar-refractivity contribution in [1.29, 1.82) is 0 Å². The molecule has 0 aromatic carbocycles. The number of rotatable bonds is 11. The summed E-state index contributed by atoms with van der Waals surface area (Å²) in [5, 5.41) is 34.8. The van der Waals surface area contributed by atoms with Gasteiger partial charge in [-0.3, -0.25) is 0 Å². The monoisotopic (exact) mass is 294 g/mol. The van der Waals surface area contributed by atoms with Crippen LogP contribution in [0.15, 0.2) is 0 Å². The molecule has 0 radical (unpaired) electrons.